The van der Waals surface area contributed by atoms with E-state index < -0.39 is 93.3 Å². The summed E-state index contributed by atoms with van der Waals surface area (Å²) in [6.45, 7) is 3.51. The summed E-state index contributed by atoms with van der Waals surface area (Å²) in [6.07, 6.45) is 1.68. The van der Waals surface area contributed by atoms with Crippen LogP contribution in [-0.2, 0) is 32.8 Å². The maximum absolute atomic E-state index is 14.1. The topological polar surface area (TPSA) is 241 Å². The number of imidazole rings is 1. The molecule has 2 amide bonds. The van der Waals surface area contributed by atoms with Gasteiger partial charge in [-0.1, -0.05) is 13.0 Å². The highest BCUT2D eigenvalue weighted by Crippen LogP contribution is 2.56. The molecule has 45 heavy (non-hydrogen) atoms. The number of nitrogens with zero attached hydrogens (tertiary/aromatic N) is 3. The fourth-order valence-corrected chi connectivity index (χ4v) is 6.86. The van der Waals surface area contributed by atoms with E-state index in [-0.39, 0.29) is 17.8 Å². The fraction of sp³-hybridized carbons (Fsp3) is 0.433. The fourth-order valence-electron chi connectivity index (χ4n) is 6.86. The molecule has 0 spiro atoms. The van der Waals surface area contributed by atoms with Crippen LogP contribution >= 0.6 is 0 Å². The maximum atomic E-state index is 14.1. The molecule has 1 fully saturated rings. The monoisotopic (exact) mass is 624 g/mol. The van der Waals surface area contributed by atoms with Gasteiger partial charge in [-0.2, -0.15) is 0 Å². The molecule has 0 aliphatic heterocycles. The molecule has 2 aromatic rings. The predicted molar refractivity (Wildman–Crippen MR) is 158 cm³/mol. The molecule has 0 radical (unpaired) electrons. The van der Waals surface area contributed by atoms with Crippen molar-refractivity contribution in [3.63, 3.8) is 0 Å². The Morgan fingerprint density at radius 3 is 2.44 bits per heavy atom. The van der Waals surface area contributed by atoms with Gasteiger partial charge in [0.25, 0.3) is 5.91 Å². The molecule has 1 saturated carbocycles. The first-order chi connectivity index (χ1) is 21.0. The van der Waals surface area contributed by atoms with Gasteiger partial charge in [0.2, 0.25) is 11.7 Å². The second-order valence-corrected chi connectivity index (χ2v) is 12.0. The maximum Gasteiger partial charge on any atom is 0.255 e. The first-order valence-corrected chi connectivity index (χ1v) is 14.2. The van der Waals surface area contributed by atoms with Gasteiger partial charge in [-0.05, 0) is 38.6 Å². The third-order valence-corrected chi connectivity index (χ3v) is 9.27. The number of carbonyl (C=O) groups is 4. The number of aromatic hydroxyl groups is 1. The van der Waals surface area contributed by atoms with Gasteiger partial charge in [0.15, 0.2) is 11.4 Å². The molecule has 0 bridgehead atoms. The SMILES string of the molecule is CC(NCc1nccn1C)C(=O)Nc1ccc2c(c1O)C(O)=C1C(=O)[C@]3(O)C(O)=C(C(N)=O)C(=O)[C@@H](N(C)C)C3C(O)C1C2C. The van der Waals surface area contributed by atoms with Crippen molar-refractivity contribution in [3.05, 3.63) is 58.4 Å². The number of aliphatic hydroxyl groups excluding tert-OH is 3. The number of primary amides is 1. The van der Waals surface area contributed by atoms with Crippen LogP contribution < -0.4 is 16.4 Å². The van der Waals surface area contributed by atoms with Gasteiger partial charge in [-0.15, -0.1) is 0 Å². The van der Waals surface area contributed by atoms with E-state index in [1.807, 2.05) is 7.05 Å². The molecule has 7 atom stereocenters. The third-order valence-electron chi connectivity index (χ3n) is 9.27. The number of nitrogens with one attached hydrogen (secondary N) is 2. The van der Waals surface area contributed by atoms with Crippen molar-refractivity contribution in [2.45, 2.75) is 50.1 Å². The molecule has 1 aromatic heterocycles. The van der Waals surface area contributed by atoms with Crippen LogP contribution in [0.1, 0.15) is 36.7 Å². The van der Waals surface area contributed by atoms with Gasteiger partial charge in [-0.25, -0.2) is 4.98 Å². The highest BCUT2D eigenvalue weighted by Gasteiger charge is 2.68. The van der Waals surface area contributed by atoms with Crippen molar-refractivity contribution < 1.29 is 44.7 Å². The average molecular weight is 625 g/mol. The number of anilines is 1. The van der Waals surface area contributed by atoms with Gasteiger partial charge in [-0.3, -0.25) is 29.4 Å². The first-order valence-electron chi connectivity index (χ1n) is 14.2. The van der Waals surface area contributed by atoms with Crippen LogP contribution in [0, 0.1) is 11.8 Å². The summed E-state index contributed by atoms with van der Waals surface area (Å²) >= 11 is 0. The molecular formula is C30H36N6O9. The van der Waals surface area contributed by atoms with Crippen molar-refractivity contribution in [1.82, 2.24) is 19.8 Å². The Morgan fingerprint density at radius 1 is 1.20 bits per heavy atom. The molecule has 9 N–H and O–H groups in total. The second kappa shape index (κ2) is 11.1. The lowest BCUT2D eigenvalue weighted by molar-refractivity contribution is -0.169. The van der Waals surface area contributed by atoms with Crippen molar-refractivity contribution >= 4 is 34.8 Å². The molecule has 5 unspecified atom stereocenters. The highest BCUT2D eigenvalue weighted by atomic mass is 16.4. The minimum absolute atomic E-state index is 0.0859. The van der Waals surface area contributed by atoms with E-state index in [9.17, 15) is 44.7 Å². The molecule has 15 heteroatoms. The number of aryl methyl sites for hydroxylation is 1. The number of aromatic nitrogens is 2. The quantitative estimate of drug-likeness (QED) is 0.142. The summed E-state index contributed by atoms with van der Waals surface area (Å²) < 4.78 is 1.79. The van der Waals surface area contributed by atoms with Crippen LogP contribution in [-0.4, -0.2) is 101 Å². The number of benzene rings is 1. The van der Waals surface area contributed by atoms with E-state index in [0.29, 0.717) is 11.4 Å². The van der Waals surface area contributed by atoms with E-state index in [0.717, 1.165) is 0 Å². The van der Waals surface area contributed by atoms with Crippen molar-refractivity contribution in [2.75, 3.05) is 19.4 Å². The van der Waals surface area contributed by atoms with E-state index in [4.69, 9.17) is 5.73 Å². The second-order valence-electron chi connectivity index (χ2n) is 12.0. The minimum Gasteiger partial charge on any atom is -0.508 e. The number of aliphatic hydroxyl groups is 4. The van der Waals surface area contributed by atoms with Crippen molar-refractivity contribution in [1.29, 1.82) is 0 Å². The number of carbonyl (C=O) groups excluding carboxylic acids is 4. The lowest BCUT2D eigenvalue weighted by atomic mass is 9.54. The summed E-state index contributed by atoms with van der Waals surface area (Å²) in [4.78, 5) is 58.0. The number of phenolic OH excluding ortho intramolecular Hbond substituents is 1. The predicted octanol–water partition coefficient (Wildman–Crippen LogP) is -0.654. The van der Waals surface area contributed by atoms with Crippen LogP contribution in [0.2, 0.25) is 0 Å². The zero-order valence-electron chi connectivity index (χ0n) is 25.3. The summed E-state index contributed by atoms with van der Waals surface area (Å²) in [6, 6.07) is 0.759. The van der Waals surface area contributed by atoms with Crippen molar-refractivity contribution in [3.8, 4) is 5.75 Å². The van der Waals surface area contributed by atoms with Crippen LogP contribution in [0.15, 0.2) is 41.4 Å². The highest BCUT2D eigenvalue weighted by molar-refractivity contribution is 6.24. The number of rotatable bonds is 7. The van der Waals surface area contributed by atoms with E-state index in [1.54, 1.807) is 30.8 Å². The summed E-state index contributed by atoms with van der Waals surface area (Å²) in [7, 11) is 4.68. The van der Waals surface area contributed by atoms with Crippen LogP contribution in [0.4, 0.5) is 5.69 Å². The molecule has 0 saturated heterocycles. The molecule has 1 aromatic carbocycles. The largest absolute Gasteiger partial charge is 0.508 e. The zero-order chi connectivity index (χ0) is 33.3. The minimum atomic E-state index is -3.01. The number of hydrogen-bond donors (Lipinski definition) is 8. The van der Waals surface area contributed by atoms with Gasteiger partial charge in [0.1, 0.15) is 28.7 Å². The van der Waals surface area contributed by atoms with E-state index in [1.165, 1.54) is 31.1 Å². The van der Waals surface area contributed by atoms with Gasteiger partial charge < -0.3 is 41.2 Å². The molecule has 3 aliphatic rings. The zero-order valence-corrected chi connectivity index (χ0v) is 25.3. The van der Waals surface area contributed by atoms with Gasteiger partial charge in [0, 0.05) is 30.9 Å². The number of amides is 2. The lowest BCUT2D eigenvalue weighted by Gasteiger charge is -2.53. The molecular weight excluding hydrogens is 588 g/mol. The number of Topliss-reactive ketones (excluding diaryl/α,β-unsaturated/α-hetero) is 2. The van der Waals surface area contributed by atoms with Crippen LogP contribution in [0.5, 0.6) is 5.75 Å². The Balaban J connectivity index is 1.56. The Kier molecular flexibility index (Phi) is 7.85. The Hall–Kier alpha value is -4.57. The molecule has 5 rings (SSSR count). The summed E-state index contributed by atoms with van der Waals surface area (Å²) in [5, 5.41) is 62.9. The van der Waals surface area contributed by atoms with Crippen LogP contribution in [0.3, 0.4) is 0 Å². The van der Waals surface area contributed by atoms with Crippen LogP contribution in [0.25, 0.3) is 5.76 Å². The normalized spacial score (nSPS) is 28.5. The standard InChI is InChI=1S/C30H36N6O9/c1-11-13-6-7-14(34-29(44)12(2)33-10-15-32-8-9-36(15)5)22(37)17(13)23(38)18-16(11)24(39)20-21(35(3)4)25(40)19(28(31)43)27(42)30(20,45)26(18)41/h6-9,11-12,16,20-21,24,33,37-39,42,45H,10H2,1-5H3,(H2,31,43)(H,34,44)/t11?,12?,16?,20?,21-,24?,30-/m0/s1. The van der Waals surface area contributed by atoms with E-state index in [2.05, 4.69) is 15.6 Å². The number of ketones is 2. The number of hydrogen-bond acceptors (Lipinski definition) is 12. The van der Waals surface area contributed by atoms with Gasteiger partial charge in [0.05, 0.1) is 41.9 Å². The van der Waals surface area contributed by atoms with E-state index >= 15 is 0 Å². The Bertz CT molecular complexity index is 1690. The number of fused-ring (bicyclic) bond motifs is 3. The lowest BCUT2D eigenvalue weighted by Crippen LogP contribution is -2.70. The van der Waals surface area contributed by atoms with Crippen molar-refractivity contribution in [2.24, 2.45) is 24.6 Å². The molecule has 240 valence electrons. The molecule has 3 aliphatic carbocycles. The number of phenols is 1. The average Bonchev–Trinajstić information content (AvgIpc) is 3.38. The summed E-state index contributed by atoms with van der Waals surface area (Å²) in [5.41, 5.74) is 0.823. The third kappa shape index (κ3) is 4.61. The van der Waals surface area contributed by atoms with Gasteiger partial charge >= 0.3 is 0 Å². The Labute approximate surface area is 257 Å². The number of likely N-dealkylation sites (N-methyl/N-ethyl adjacent to an activating group) is 1. The molecule has 15 nitrogen and oxygen atoms in total. The number of nitrogens with two attached hydrogens (primary N) is 1. The smallest absolute Gasteiger partial charge is 0.255 e. The first kappa shape index (κ1) is 31.8. The Morgan fingerprint density at radius 2 is 1.87 bits per heavy atom. The molecule has 1 heterocycles. The summed E-state index contributed by atoms with van der Waals surface area (Å²) in [5.74, 6) is -9.77.